The average Bonchev–Trinajstić information content (AvgIpc) is 2.95. The molecule has 2 N–H and O–H groups in total. The van der Waals surface area contributed by atoms with Crippen LogP contribution in [0.5, 0.6) is 0 Å². The fourth-order valence-corrected chi connectivity index (χ4v) is 4.54. The van der Waals surface area contributed by atoms with Crippen molar-refractivity contribution in [2.24, 2.45) is 0 Å². The van der Waals surface area contributed by atoms with Crippen molar-refractivity contribution in [3.63, 3.8) is 0 Å². The highest BCUT2D eigenvalue weighted by molar-refractivity contribution is 7.91. The molecule has 2 aromatic rings. The smallest absolute Gasteiger partial charge is 0.152 e. The summed E-state index contributed by atoms with van der Waals surface area (Å²) in [5.74, 6) is 0.779. The SMILES string of the molecule is Cc1ccc(Cl)cc1-c1cc(N)n(C2CCS(=O)(=O)C2)n1. The molecule has 0 radical (unpaired) electrons. The summed E-state index contributed by atoms with van der Waals surface area (Å²) in [4.78, 5) is 0. The zero-order valence-corrected chi connectivity index (χ0v) is 13.2. The largest absolute Gasteiger partial charge is 0.384 e. The quantitative estimate of drug-likeness (QED) is 0.920. The lowest BCUT2D eigenvalue weighted by Crippen LogP contribution is -2.14. The maximum absolute atomic E-state index is 11.6. The summed E-state index contributed by atoms with van der Waals surface area (Å²) in [6, 6.07) is 7.18. The van der Waals surface area contributed by atoms with E-state index in [1.165, 1.54) is 0 Å². The van der Waals surface area contributed by atoms with Gasteiger partial charge in [0.05, 0.1) is 23.2 Å². The molecule has 7 heteroatoms. The first-order chi connectivity index (χ1) is 9.85. The van der Waals surface area contributed by atoms with Crippen LogP contribution in [0, 0.1) is 6.92 Å². The van der Waals surface area contributed by atoms with Crippen LogP contribution in [0.25, 0.3) is 11.3 Å². The molecule has 5 nitrogen and oxygen atoms in total. The highest BCUT2D eigenvalue weighted by atomic mass is 35.5. The van der Waals surface area contributed by atoms with E-state index in [0.717, 1.165) is 16.8 Å². The molecule has 0 saturated carbocycles. The Hall–Kier alpha value is -1.53. The molecule has 112 valence electrons. The second-order valence-corrected chi connectivity index (χ2v) is 8.08. The second-order valence-electron chi connectivity index (χ2n) is 5.42. The Morgan fingerprint density at radius 1 is 1.38 bits per heavy atom. The van der Waals surface area contributed by atoms with Gasteiger partial charge in [-0.1, -0.05) is 17.7 Å². The zero-order chi connectivity index (χ0) is 15.2. The number of nitrogens with zero attached hydrogens (tertiary/aromatic N) is 2. The Labute approximate surface area is 128 Å². The van der Waals surface area contributed by atoms with E-state index in [9.17, 15) is 8.42 Å². The molecule has 1 aliphatic heterocycles. The topological polar surface area (TPSA) is 78.0 Å². The molecule has 0 bridgehead atoms. The lowest BCUT2D eigenvalue weighted by molar-refractivity contribution is 0.508. The molecule has 0 amide bonds. The fourth-order valence-electron chi connectivity index (χ4n) is 2.67. The van der Waals surface area contributed by atoms with E-state index in [2.05, 4.69) is 5.10 Å². The first kappa shape index (κ1) is 14.4. The van der Waals surface area contributed by atoms with E-state index >= 15 is 0 Å². The zero-order valence-electron chi connectivity index (χ0n) is 11.6. The number of nitrogens with two attached hydrogens (primary N) is 1. The average molecular weight is 326 g/mol. The van der Waals surface area contributed by atoms with Crippen LogP contribution < -0.4 is 5.73 Å². The molecule has 2 heterocycles. The number of sulfone groups is 1. The van der Waals surface area contributed by atoms with Gasteiger partial charge in [-0.05, 0) is 31.0 Å². The summed E-state index contributed by atoms with van der Waals surface area (Å²) in [7, 11) is -2.97. The number of rotatable bonds is 2. The number of anilines is 1. The standard InChI is InChI=1S/C14H16ClN3O2S/c1-9-2-3-10(15)6-12(9)13-7-14(16)18(17-13)11-4-5-21(19,20)8-11/h2-3,6-7,11H,4-5,8,16H2,1H3. The fraction of sp³-hybridized carbons (Fsp3) is 0.357. The van der Waals surface area contributed by atoms with Gasteiger partial charge in [0.2, 0.25) is 0 Å². The number of hydrogen-bond acceptors (Lipinski definition) is 4. The maximum atomic E-state index is 11.6. The molecule has 1 atom stereocenters. The van der Waals surface area contributed by atoms with Crippen LogP contribution in [0.4, 0.5) is 5.82 Å². The van der Waals surface area contributed by atoms with Crippen LogP contribution in [0.15, 0.2) is 24.3 Å². The summed E-state index contributed by atoms with van der Waals surface area (Å²) >= 11 is 6.03. The minimum atomic E-state index is -2.97. The summed E-state index contributed by atoms with van der Waals surface area (Å²) in [5.41, 5.74) is 8.68. The Morgan fingerprint density at radius 3 is 2.81 bits per heavy atom. The monoisotopic (exact) mass is 325 g/mol. The highest BCUT2D eigenvalue weighted by Crippen LogP contribution is 2.31. The molecule has 0 spiro atoms. The van der Waals surface area contributed by atoms with E-state index in [4.69, 9.17) is 17.3 Å². The predicted molar refractivity (Wildman–Crippen MR) is 84.1 cm³/mol. The molecule has 1 unspecified atom stereocenters. The van der Waals surface area contributed by atoms with Crippen molar-refractivity contribution in [2.75, 3.05) is 17.2 Å². The normalized spacial score (nSPS) is 20.8. The number of aromatic nitrogens is 2. The first-order valence-corrected chi connectivity index (χ1v) is 8.87. The van der Waals surface area contributed by atoms with E-state index in [1.807, 2.05) is 25.1 Å². The van der Waals surface area contributed by atoms with Crippen LogP contribution in [0.3, 0.4) is 0 Å². The first-order valence-electron chi connectivity index (χ1n) is 6.68. The van der Waals surface area contributed by atoms with Crippen LogP contribution in [-0.4, -0.2) is 29.7 Å². The van der Waals surface area contributed by atoms with Crippen molar-refractivity contribution in [3.8, 4) is 11.3 Å². The summed E-state index contributed by atoms with van der Waals surface area (Å²) in [6.07, 6.45) is 0.558. The molecule has 0 aliphatic carbocycles. The molecule has 1 aromatic heterocycles. The van der Waals surface area contributed by atoms with E-state index in [0.29, 0.717) is 17.3 Å². The molecular weight excluding hydrogens is 310 g/mol. The van der Waals surface area contributed by atoms with Gasteiger partial charge in [-0.2, -0.15) is 5.10 Å². The van der Waals surface area contributed by atoms with Gasteiger partial charge in [-0.3, -0.25) is 0 Å². The third-order valence-corrected chi connectivity index (χ3v) is 5.78. The maximum Gasteiger partial charge on any atom is 0.152 e. The van der Waals surface area contributed by atoms with Gasteiger partial charge in [-0.25, -0.2) is 13.1 Å². The van der Waals surface area contributed by atoms with Crippen molar-refractivity contribution < 1.29 is 8.42 Å². The molecule has 1 saturated heterocycles. The number of hydrogen-bond donors (Lipinski definition) is 1. The number of aryl methyl sites for hydroxylation is 1. The van der Waals surface area contributed by atoms with Crippen LogP contribution >= 0.6 is 11.6 Å². The third-order valence-electron chi connectivity index (χ3n) is 3.79. The number of halogens is 1. The lowest BCUT2D eigenvalue weighted by atomic mass is 10.1. The van der Waals surface area contributed by atoms with Gasteiger partial charge in [-0.15, -0.1) is 0 Å². The van der Waals surface area contributed by atoms with Crippen molar-refractivity contribution in [2.45, 2.75) is 19.4 Å². The Balaban J connectivity index is 2.00. The Bertz CT molecular complexity index is 799. The minimum absolute atomic E-state index is 0.104. The van der Waals surface area contributed by atoms with Crippen molar-refractivity contribution >= 4 is 27.3 Å². The van der Waals surface area contributed by atoms with Crippen molar-refractivity contribution in [3.05, 3.63) is 34.9 Å². The molecule has 1 fully saturated rings. The Morgan fingerprint density at radius 2 is 2.14 bits per heavy atom. The molecule has 3 rings (SSSR count). The van der Waals surface area contributed by atoms with Crippen LogP contribution in [0.2, 0.25) is 5.02 Å². The predicted octanol–water partition coefficient (Wildman–Crippen LogP) is 2.45. The molecular formula is C14H16ClN3O2S. The molecule has 21 heavy (non-hydrogen) atoms. The van der Waals surface area contributed by atoms with Gasteiger partial charge in [0.25, 0.3) is 0 Å². The number of benzene rings is 1. The van der Waals surface area contributed by atoms with Crippen LogP contribution in [-0.2, 0) is 9.84 Å². The van der Waals surface area contributed by atoms with Gasteiger partial charge in [0.15, 0.2) is 9.84 Å². The van der Waals surface area contributed by atoms with Crippen LogP contribution in [0.1, 0.15) is 18.0 Å². The molecule has 1 aromatic carbocycles. The Kier molecular flexibility index (Phi) is 3.45. The molecule has 1 aliphatic rings. The second kappa shape index (κ2) is 5.03. The summed E-state index contributed by atoms with van der Waals surface area (Å²) in [6.45, 7) is 1.97. The summed E-state index contributed by atoms with van der Waals surface area (Å²) < 4.78 is 24.8. The lowest BCUT2D eigenvalue weighted by Gasteiger charge is -2.10. The van der Waals surface area contributed by atoms with Gasteiger partial charge >= 0.3 is 0 Å². The number of nitrogen functional groups attached to an aromatic ring is 1. The summed E-state index contributed by atoms with van der Waals surface area (Å²) in [5, 5.41) is 5.13. The van der Waals surface area contributed by atoms with Crippen molar-refractivity contribution in [1.82, 2.24) is 9.78 Å². The van der Waals surface area contributed by atoms with E-state index in [-0.39, 0.29) is 17.5 Å². The van der Waals surface area contributed by atoms with Gasteiger partial charge < -0.3 is 5.73 Å². The minimum Gasteiger partial charge on any atom is -0.384 e. The van der Waals surface area contributed by atoms with E-state index in [1.54, 1.807) is 10.7 Å². The third kappa shape index (κ3) is 2.78. The van der Waals surface area contributed by atoms with Crippen molar-refractivity contribution in [1.29, 1.82) is 0 Å². The van der Waals surface area contributed by atoms with Gasteiger partial charge in [0.1, 0.15) is 5.82 Å². The highest BCUT2D eigenvalue weighted by Gasteiger charge is 2.31. The van der Waals surface area contributed by atoms with E-state index < -0.39 is 9.84 Å². The van der Waals surface area contributed by atoms with Gasteiger partial charge in [0, 0.05) is 16.7 Å².